The molecule has 1 aliphatic heterocycles. The first kappa shape index (κ1) is 12.0. The molecule has 1 aliphatic rings. The standard InChI is InChI=1S/C14H20N2O/c1-10(11-3-5-13(15)6-4-11)9-12-7-8-16(2)14(12)17/h3-6,10,12H,7-9,15H2,1-2H3. The Morgan fingerprint density at radius 2 is 2.06 bits per heavy atom. The molecule has 0 aromatic heterocycles. The average molecular weight is 232 g/mol. The molecule has 0 radical (unpaired) electrons. The summed E-state index contributed by atoms with van der Waals surface area (Å²) in [5.41, 5.74) is 7.72. The molecule has 1 saturated heterocycles. The molecule has 1 amide bonds. The van der Waals surface area contributed by atoms with E-state index >= 15 is 0 Å². The van der Waals surface area contributed by atoms with Crippen molar-refractivity contribution in [2.75, 3.05) is 19.3 Å². The number of nitrogen functional groups attached to an aromatic ring is 1. The van der Waals surface area contributed by atoms with E-state index in [4.69, 9.17) is 5.73 Å². The van der Waals surface area contributed by atoms with Gasteiger partial charge in [-0.1, -0.05) is 19.1 Å². The molecular weight excluding hydrogens is 212 g/mol. The second-order valence-electron chi connectivity index (χ2n) is 5.05. The summed E-state index contributed by atoms with van der Waals surface area (Å²) in [7, 11) is 1.89. The molecule has 0 saturated carbocycles. The van der Waals surface area contributed by atoms with Crippen LogP contribution in [0.4, 0.5) is 5.69 Å². The summed E-state index contributed by atoms with van der Waals surface area (Å²) in [5.74, 6) is 0.913. The Labute approximate surface area is 103 Å². The zero-order valence-corrected chi connectivity index (χ0v) is 10.5. The second kappa shape index (κ2) is 4.78. The van der Waals surface area contributed by atoms with Crippen molar-refractivity contribution in [2.24, 2.45) is 5.92 Å². The molecule has 3 heteroatoms. The van der Waals surface area contributed by atoms with Crippen LogP contribution in [0.5, 0.6) is 0 Å². The largest absolute Gasteiger partial charge is 0.399 e. The highest BCUT2D eigenvalue weighted by Gasteiger charge is 2.30. The number of carbonyl (C=O) groups is 1. The van der Waals surface area contributed by atoms with Crippen LogP contribution in [-0.4, -0.2) is 24.4 Å². The molecule has 2 unspecified atom stereocenters. The maximum absolute atomic E-state index is 11.8. The zero-order chi connectivity index (χ0) is 12.4. The third kappa shape index (κ3) is 2.60. The van der Waals surface area contributed by atoms with Gasteiger partial charge in [0.15, 0.2) is 0 Å². The summed E-state index contributed by atoms with van der Waals surface area (Å²) in [4.78, 5) is 13.7. The van der Waals surface area contributed by atoms with Crippen molar-refractivity contribution in [1.82, 2.24) is 4.90 Å². The highest BCUT2D eigenvalue weighted by Crippen LogP contribution is 2.29. The first-order chi connectivity index (χ1) is 8.08. The third-order valence-electron chi connectivity index (χ3n) is 3.68. The van der Waals surface area contributed by atoms with Crippen LogP contribution in [-0.2, 0) is 4.79 Å². The van der Waals surface area contributed by atoms with Gasteiger partial charge >= 0.3 is 0 Å². The van der Waals surface area contributed by atoms with Crippen molar-refractivity contribution >= 4 is 11.6 Å². The number of amides is 1. The van der Waals surface area contributed by atoms with Crippen LogP contribution in [0.15, 0.2) is 24.3 Å². The number of carbonyl (C=O) groups excluding carboxylic acids is 1. The lowest BCUT2D eigenvalue weighted by molar-refractivity contribution is -0.130. The first-order valence-electron chi connectivity index (χ1n) is 6.18. The van der Waals surface area contributed by atoms with Gasteiger partial charge in [0, 0.05) is 25.2 Å². The lowest BCUT2D eigenvalue weighted by Crippen LogP contribution is -2.23. The molecule has 2 rings (SSSR count). The lowest BCUT2D eigenvalue weighted by Gasteiger charge is -2.16. The van der Waals surface area contributed by atoms with E-state index in [9.17, 15) is 4.79 Å². The van der Waals surface area contributed by atoms with Gasteiger partial charge in [0.1, 0.15) is 0 Å². The van der Waals surface area contributed by atoms with Gasteiger partial charge in [0.05, 0.1) is 0 Å². The molecule has 0 aliphatic carbocycles. The number of nitrogens with two attached hydrogens (primary N) is 1. The molecule has 17 heavy (non-hydrogen) atoms. The fraction of sp³-hybridized carbons (Fsp3) is 0.500. The topological polar surface area (TPSA) is 46.3 Å². The van der Waals surface area contributed by atoms with Crippen LogP contribution in [0.2, 0.25) is 0 Å². The average Bonchev–Trinajstić information content (AvgIpc) is 2.62. The van der Waals surface area contributed by atoms with Crippen molar-refractivity contribution in [3.63, 3.8) is 0 Å². The Balaban J connectivity index is 1.99. The molecule has 1 heterocycles. The number of hydrogen-bond donors (Lipinski definition) is 1. The molecule has 0 spiro atoms. The molecule has 0 bridgehead atoms. The zero-order valence-electron chi connectivity index (χ0n) is 10.5. The van der Waals surface area contributed by atoms with Crippen molar-refractivity contribution in [1.29, 1.82) is 0 Å². The fourth-order valence-electron chi connectivity index (χ4n) is 2.50. The maximum Gasteiger partial charge on any atom is 0.225 e. The smallest absolute Gasteiger partial charge is 0.225 e. The molecule has 92 valence electrons. The maximum atomic E-state index is 11.8. The van der Waals surface area contributed by atoms with Crippen LogP contribution in [0, 0.1) is 5.92 Å². The molecule has 1 aromatic rings. The highest BCUT2D eigenvalue weighted by molar-refractivity contribution is 5.80. The van der Waals surface area contributed by atoms with E-state index in [1.54, 1.807) is 0 Å². The van der Waals surface area contributed by atoms with Crippen molar-refractivity contribution in [3.05, 3.63) is 29.8 Å². The van der Waals surface area contributed by atoms with Crippen molar-refractivity contribution in [3.8, 4) is 0 Å². The van der Waals surface area contributed by atoms with Gasteiger partial charge in [-0.25, -0.2) is 0 Å². The summed E-state index contributed by atoms with van der Waals surface area (Å²) >= 11 is 0. The number of rotatable bonds is 3. The Hall–Kier alpha value is -1.51. The lowest BCUT2D eigenvalue weighted by atomic mass is 9.89. The molecule has 1 aromatic carbocycles. The molecule has 1 fully saturated rings. The van der Waals surface area contributed by atoms with Gasteiger partial charge in [-0.3, -0.25) is 4.79 Å². The predicted octanol–water partition coefficient (Wildman–Crippen LogP) is 2.24. The van der Waals surface area contributed by atoms with Crippen LogP contribution >= 0.6 is 0 Å². The first-order valence-corrected chi connectivity index (χ1v) is 6.18. The normalized spacial score (nSPS) is 21.9. The quantitative estimate of drug-likeness (QED) is 0.812. The Morgan fingerprint density at radius 1 is 1.41 bits per heavy atom. The minimum Gasteiger partial charge on any atom is -0.399 e. The number of anilines is 1. The predicted molar refractivity (Wildman–Crippen MR) is 69.6 cm³/mol. The monoisotopic (exact) mass is 232 g/mol. The minimum atomic E-state index is 0.201. The van der Waals surface area contributed by atoms with Gasteiger partial charge in [0.25, 0.3) is 0 Å². The Bertz CT molecular complexity index is 399. The van der Waals surface area contributed by atoms with Crippen LogP contribution in [0.1, 0.15) is 31.2 Å². The summed E-state index contributed by atoms with van der Waals surface area (Å²) in [6, 6.07) is 7.97. The summed E-state index contributed by atoms with van der Waals surface area (Å²) in [6.07, 6.45) is 1.93. The highest BCUT2D eigenvalue weighted by atomic mass is 16.2. The second-order valence-corrected chi connectivity index (χ2v) is 5.05. The van der Waals surface area contributed by atoms with Gasteiger partial charge in [0.2, 0.25) is 5.91 Å². The van der Waals surface area contributed by atoms with Crippen molar-refractivity contribution in [2.45, 2.75) is 25.7 Å². The number of hydrogen-bond acceptors (Lipinski definition) is 2. The molecule has 3 nitrogen and oxygen atoms in total. The number of benzene rings is 1. The summed E-state index contributed by atoms with van der Waals surface area (Å²) in [5, 5.41) is 0. The van der Waals surface area contributed by atoms with E-state index < -0.39 is 0 Å². The van der Waals surface area contributed by atoms with Gasteiger partial charge in [-0.15, -0.1) is 0 Å². The molecule has 2 atom stereocenters. The summed E-state index contributed by atoms with van der Waals surface area (Å²) < 4.78 is 0. The van der Waals surface area contributed by atoms with Crippen LogP contribution in [0.3, 0.4) is 0 Å². The van der Waals surface area contributed by atoms with E-state index in [1.165, 1.54) is 5.56 Å². The van der Waals surface area contributed by atoms with E-state index in [0.717, 1.165) is 25.1 Å². The van der Waals surface area contributed by atoms with Gasteiger partial charge in [-0.05, 0) is 36.5 Å². The molecular formula is C14H20N2O. The van der Waals surface area contributed by atoms with Crippen LogP contribution in [0.25, 0.3) is 0 Å². The van der Waals surface area contributed by atoms with E-state index in [2.05, 4.69) is 19.1 Å². The number of likely N-dealkylation sites (tertiary alicyclic amines) is 1. The number of nitrogens with zero attached hydrogens (tertiary/aromatic N) is 1. The fourth-order valence-corrected chi connectivity index (χ4v) is 2.50. The Morgan fingerprint density at radius 3 is 2.59 bits per heavy atom. The van der Waals surface area contributed by atoms with Crippen molar-refractivity contribution < 1.29 is 4.79 Å². The SMILES string of the molecule is CC(CC1CCN(C)C1=O)c1ccc(N)cc1. The van der Waals surface area contributed by atoms with E-state index in [1.807, 2.05) is 24.1 Å². The molecule has 2 N–H and O–H groups in total. The van der Waals surface area contributed by atoms with E-state index in [-0.39, 0.29) is 5.92 Å². The Kier molecular flexibility index (Phi) is 3.36. The van der Waals surface area contributed by atoms with E-state index in [0.29, 0.717) is 11.8 Å². The van der Waals surface area contributed by atoms with Gasteiger partial charge in [-0.2, -0.15) is 0 Å². The minimum absolute atomic E-state index is 0.201. The summed E-state index contributed by atoms with van der Waals surface area (Å²) in [6.45, 7) is 3.08. The van der Waals surface area contributed by atoms with Crippen LogP contribution < -0.4 is 5.73 Å². The third-order valence-corrected chi connectivity index (χ3v) is 3.68. The van der Waals surface area contributed by atoms with Gasteiger partial charge < -0.3 is 10.6 Å².